The van der Waals surface area contributed by atoms with Crippen LogP contribution in [0.15, 0.2) is 24.3 Å². The van der Waals surface area contributed by atoms with E-state index in [1.807, 2.05) is 0 Å². The number of nitrogens with zero attached hydrogens (tertiary/aromatic N) is 1. The summed E-state index contributed by atoms with van der Waals surface area (Å²) >= 11 is 0. The van der Waals surface area contributed by atoms with Gasteiger partial charge in [-0.25, -0.2) is 8.42 Å². The lowest BCUT2D eigenvalue weighted by atomic mass is 10.2. The lowest BCUT2D eigenvalue weighted by Gasteiger charge is -2.23. The Morgan fingerprint density at radius 1 is 1.42 bits per heavy atom. The van der Waals surface area contributed by atoms with Crippen LogP contribution in [-0.2, 0) is 14.8 Å². The minimum atomic E-state index is -3.54. The minimum Gasteiger partial charge on any atom is -0.344 e. The zero-order valence-electron chi connectivity index (χ0n) is 10.9. The molecular formula is C13H16N2O3S. The van der Waals surface area contributed by atoms with Crippen molar-refractivity contribution in [2.24, 2.45) is 0 Å². The van der Waals surface area contributed by atoms with Crippen molar-refractivity contribution in [3.63, 3.8) is 0 Å². The molecule has 0 bridgehead atoms. The molecule has 1 rings (SSSR count). The summed E-state index contributed by atoms with van der Waals surface area (Å²) in [7, 11) is -3.54. The number of carbonyl (C=O) groups is 1. The van der Waals surface area contributed by atoms with Crippen LogP contribution in [0.3, 0.4) is 0 Å². The van der Waals surface area contributed by atoms with Gasteiger partial charge < -0.3 is 5.32 Å². The van der Waals surface area contributed by atoms with Crippen LogP contribution in [0, 0.1) is 19.3 Å². The van der Waals surface area contributed by atoms with E-state index in [9.17, 15) is 13.2 Å². The Balaban J connectivity index is 3.02. The summed E-state index contributed by atoms with van der Waals surface area (Å²) in [6.45, 7) is 1.57. The van der Waals surface area contributed by atoms with E-state index >= 15 is 0 Å². The average Bonchev–Trinajstić information content (AvgIpc) is 2.33. The summed E-state index contributed by atoms with van der Waals surface area (Å²) < 4.78 is 24.7. The molecule has 19 heavy (non-hydrogen) atoms. The highest BCUT2D eigenvalue weighted by molar-refractivity contribution is 7.92. The van der Waals surface area contributed by atoms with Crippen LogP contribution in [-0.4, -0.2) is 33.7 Å². The number of benzene rings is 1. The van der Waals surface area contributed by atoms with Gasteiger partial charge in [-0.2, -0.15) is 0 Å². The van der Waals surface area contributed by atoms with Crippen LogP contribution < -0.4 is 9.62 Å². The van der Waals surface area contributed by atoms with Crippen LogP contribution >= 0.6 is 0 Å². The lowest BCUT2D eigenvalue weighted by molar-refractivity contribution is -0.119. The third-order valence-electron chi connectivity index (χ3n) is 2.46. The van der Waals surface area contributed by atoms with Gasteiger partial charge in [-0.15, -0.1) is 6.42 Å². The monoisotopic (exact) mass is 280 g/mol. The molecular weight excluding hydrogens is 264 g/mol. The molecule has 6 heteroatoms. The van der Waals surface area contributed by atoms with Crippen molar-refractivity contribution in [1.29, 1.82) is 0 Å². The largest absolute Gasteiger partial charge is 0.344 e. The normalized spacial score (nSPS) is 10.6. The molecule has 0 aliphatic heterocycles. The molecule has 0 unspecified atom stereocenters. The number of aryl methyl sites for hydroxylation is 1. The van der Waals surface area contributed by atoms with Gasteiger partial charge in [0.1, 0.15) is 6.54 Å². The second-order valence-electron chi connectivity index (χ2n) is 4.04. The quantitative estimate of drug-likeness (QED) is 0.799. The van der Waals surface area contributed by atoms with E-state index in [2.05, 4.69) is 11.2 Å². The van der Waals surface area contributed by atoms with Gasteiger partial charge in [0.25, 0.3) is 0 Å². The SMILES string of the molecule is C#CCNC(=O)CN(c1ccccc1C)S(C)(=O)=O. The molecule has 0 aliphatic carbocycles. The summed E-state index contributed by atoms with van der Waals surface area (Å²) in [5.41, 5.74) is 1.26. The Kier molecular flexibility index (Phi) is 4.95. The molecule has 0 aliphatic rings. The summed E-state index contributed by atoms with van der Waals surface area (Å²) in [5.74, 6) is 1.82. The number of carbonyl (C=O) groups excluding carboxylic acids is 1. The number of sulfonamides is 1. The lowest BCUT2D eigenvalue weighted by Crippen LogP contribution is -2.40. The van der Waals surface area contributed by atoms with Gasteiger partial charge in [-0.3, -0.25) is 9.10 Å². The number of terminal acetylenes is 1. The molecule has 102 valence electrons. The van der Waals surface area contributed by atoms with Gasteiger partial charge in [-0.05, 0) is 18.6 Å². The fourth-order valence-electron chi connectivity index (χ4n) is 1.56. The van der Waals surface area contributed by atoms with Crippen molar-refractivity contribution in [3.05, 3.63) is 29.8 Å². The van der Waals surface area contributed by atoms with Crippen LogP contribution in [0.25, 0.3) is 0 Å². The van der Waals surface area contributed by atoms with Gasteiger partial charge in [0.15, 0.2) is 0 Å². The molecule has 0 heterocycles. The van der Waals surface area contributed by atoms with Crippen molar-refractivity contribution in [2.45, 2.75) is 6.92 Å². The molecule has 1 N–H and O–H groups in total. The Labute approximate surface area is 113 Å². The van der Waals surface area contributed by atoms with Crippen molar-refractivity contribution in [3.8, 4) is 12.3 Å². The smallest absolute Gasteiger partial charge is 0.241 e. The van der Waals surface area contributed by atoms with Crippen LogP contribution in [0.2, 0.25) is 0 Å². The maximum absolute atomic E-state index is 11.8. The number of anilines is 1. The first-order valence-electron chi connectivity index (χ1n) is 5.59. The van der Waals surface area contributed by atoms with Gasteiger partial charge in [-0.1, -0.05) is 24.1 Å². The summed E-state index contributed by atoms with van der Waals surface area (Å²) in [4.78, 5) is 11.6. The van der Waals surface area contributed by atoms with E-state index in [-0.39, 0.29) is 13.1 Å². The first kappa shape index (κ1) is 15.1. The number of hydrogen-bond donors (Lipinski definition) is 1. The van der Waals surface area contributed by atoms with E-state index in [0.717, 1.165) is 16.1 Å². The summed E-state index contributed by atoms with van der Waals surface area (Å²) in [6.07, 6.45) is 6.10. The van der Waals surface area contributed by atoms with E-state index < -0.39 is 15.9 Å². The van der Waals surface area contributed by atoms with E-state index in [1.165, 1.54) is 0 Å². The molecule has 5 nitrogen and oxygen atoms in total. The standard InChI is InChI=1S/C13H16N2O3S/c1-4-9-14-13(16)10-15(19(3,17)18)12-8-6-5-7-11(12)2/h1,5-8H,9-10H2,2-3H3,(H,14,16). The second-order valence-corrected chi connectivity index (χ2v) is 5.94. The number of hydrogen-bond acceptors (Lipinski definition) is 3. The summed E-state index contributed by atoms with van der Waals surface area (Å²) in [6, 6.07) is 6.97. The van der Waals surface area contributed by atoms with Crippen molar-refractivity contribution < 1.29 is 13.2 Å². The molecule has 1 aromatic rings. The predicted molar refractivity (Wildman–Crippen MR) is 75.2 cm³/mol. The Morgan fingerprint density at radius 2 is 2.05 bits per heavy atom. The maximum Gasteiger partial charge on any atom is 0.241 e. The fraction of sp³-hybridized carbons (Fsp3) is 0.308. The highest BCUT2D eigenvalue weighted by Gasteiger charge is 2.21. The van der Waals surface area contributed by atoms with Crippen molar-refractivity contribution >= 4 is 21.6 Å². The number of rotatable bonds is 5. The third-order valence-corrected chi connectivity index (χ3v) is 3.59. The first-order valence-corrected chi connectivity index (χ1v) is 7.44. The van der Waals surface area contributed by atoms with Crippen molar-refractivity contribution in [2.75, 3.05) is 23.7 Å². The van der Waals surface area contributed by atoms with Crippen LogP contribution in [0.4, 0.5) is 5.69 Å². The van der Waals surface area contributed by atoms with Gasteiger partial charge >= 0.3 is 0 Å². The molecule has 0 aromatic heterocycles. The van der Waals surface area contributed by atoms with Crippen LogP contribution in [0.5, 0.6) is 0 Å². The molecule has 1 aromatic carbocycles. The number of amides is 1. The molecule has 0 fully saturated rings. The first-order chi connectivity index (χ1) is 8.86. The third kappa shape index (κ3) is 4.30. The zero-order valence-corrected chi connectivity index (χ0v) is 11.7. The van der Waals surface area contributed by atoms with Crippen molar-refractivity contribution in [1.82, 2.24) is 5.32 Å². The van der Waals surface area contributed by atoms with Gasteiger partial charge in [0.2, 0.25) is 15.9 Å². The Morgan fingerprint density at radius 3 is 2.58 bits per heavy atom. The molecule has 0 saturated heterocycles. The van der Waals surface area contributed by atoms with E-state index in [0.29, 0.717) is 5.69 Å². The molecule has 1 amide bonds. The minimum absolute atomic E-state index is 0.0736. The Bertz CT molecular complexity index is 603. The highest BCUT2D eigenvalue weighted by atomic mass is 32.2. The van der Waals surface area contributed by atoms with Crippen LogP contribution in [0.1, 0.15) is 5.56 Å². The van der Waals surface area contributed by atoms with Gasteiger partial charge in [0, 0.05) is 0 Å². The topological polar surface area (TPSA) is 66.5 Å². The zero-order chi connectivity index (χ0) is 14.5. The average molecular weight is 280 g/mol. The number of para-hydroxylation sites is 1. The molecule has 0 atom stereocenters. The molecule has 0 spiro atoms. The number of nitrogens with one attached hydrogen (secondary N) is 1. The Hall–Kier alpha value is -2.00. The fourth-order valence-corrected chi connectivity index (χ4v) is 2.47. The summed E-state index contributed by atoms with van der Waals surface area (Å²) in [5, 5.41) is 2.44. The highest BCUT2D eigenvalue weighted by Crippen LogP contribution is 2.21. The predicted octanol–water partition coefficient (Wildman–Crippen LogP) is 0.510. The maximum atomic E-state index is 11.8. The van der Waals surface area contributed by atoms with E-state index in [1.54, 1.807) is 31.2 Å². The van der Waals surface area contributed by atoms with E-state index in [4.69, 9.17) is 6.42 Å². The molecule has 0 radical (unpaired) electrons. The van der Waals surface area contributed by atoms with Gasteiger partial charge in [0.05, 0.1) is 18.5 Å². The second kappa shape index (κ2) is 6.25. The molecule has 0 saturated carbocycles.